The van der Waals surface area contributed by atoms with Crippen molar-refractivity contribution in [3.63, 3.8) is 0 Å². The zero-order valence-corrected chi connectivity index (χ0v) is 19.9. The number of methoxy groups -OCH3 is 1. The van der Waals surface area contributed by atoms with E-state index in [1.54, 1.807) is 50.2 Å². The van der Waals surface area contributed by atoms with E-state index in [9.17, 15) is 19.7 Å². The van der Waals surface area contributed by atoms with Crippen molar-refractivity contribution >= 4 is 35.3 Å². The van der Waals surface area contributed by atoms with Crippen LogP contribution in [0.15, 0.2) is 64.1 Å². The lowest BCUT2D eigenvalue weighted by Gasteiger charge is -2.20. The number of nitro benzene ring substituents is 1. The number of nitrogens with zero attached hydrogens (tertiary/aromatic N) is 2. The van der Waals surface area contributed by atoms with Gasteiger partial charge in [-0.3, -0.25) is 19.7 Å². The summed E-state index contributed by atoms with van der Waals surface area (Å²) in [5.41, 5.74) is 2.80. The van der Waals surface area contributed by atoms with Crippen LogP contribution in [0.25, 0.3) is 11.3 Å². The first-order valence-corrected chi connectivity index (χ1v) is 10.9. The van der Waals surface area contributed by atoms with E-state index in [4.69, 9.17) is 20.8 Å². The molecule has 0 aliphatic rings. The van der Waals surface area contributed by atoms with Crippen LogP contribution in [0.2, 0.25) is 5.02 Å². The summed E-state index contributed by atoms with van der Waals surface area (Å²) in [5.74, 6) is -0.334. The van der Waals surface area contributed by atoms with Gasteiger partial charge >= 0.3 is 0 Å². The Labute approximate surface area is 206 Å². The normalized spacial score (nSPS) is 11.9. The Morgan fingerprint density at radius 3 is 2.60 bits per heavy atom. The van der Waals surface area contributed by atoms with E-state index in [1.807, 2.05) is 0 Å². The predicted octanol–water partition coefficient (Wildman–Crippen LogP) is 4.42. The molecule has 0 aliphatic carbocycles. The van der Waals surface area contributed by atoms with Crippen molar-refractivity contribution in [2.75, 3.05) is 7.11 Å². The first-order chi connectivity index (χ1) is 16.7. The van der Waals surface area contributed by atoms with Crippen LogP contribution in [0, 0.1) is 16.0 Å². The van der Waals surface area contributed by atoms with Crippen molar-refractivity contribution in [3.05, 3.63) is 81.1 Å². The van der Waals surface area contributed by atoms with Crippen LogP contribution in [0.1, 0.15) is 30.0 Å². The third-order valence-corrected chi connectivity index (χ3v) is 5.22. The zero-order chi connectivity index (χ0) is 25.5. The lowest BCUT2D eigenvalue weighted by Crippen LogP contribution is -2.48. The molecule has 0 radical (unpaired) electrons. The molecule has 1 unspecified atom stereocenters. The highest BCUT2D eigenvalue weighted by molar-refractivity contribution is 6.31. The molecular formula is C24H23ClN4O6. The summed E-state index contributed by atoms with van der Waals surface area (Å²) in [4.78, 5) is 36.0. The SMILES string of the molecule is COc1ccc(-c2ccc(/C=N\NC(=O)C(NC(=O)c3cccc(Cl)c3)C(C)C)o2)c([N+](=O)[O-])c1. The number of hydrazone groups is 1. The number of nitro groups is 1. The molecule has 1 atom stereocenters. The van der Waals surface area contributed by atoms with Crippen LogP contribution in [-0.2, 0) is 4.79 Å². The number of ether oxygens (including phenoxy) is 1. The number of halogens is 1. The van der Waals surface area contributed by atoms with Crippen molar-refractivity contribution in [1.82, 2.24) is 10.7 Å². The van der Waals surface area contributed by atoms with Crippen LogP contribution in [0.3, 0.4) is 0 Å². The summed E-state index contributed by atoms with van der Waals surface area (Å²) in [5, 5.41) is 18.4. The molecule has 0 aliphatic heterocycles. The second-order valence-corrected chi connectivity index (χ2v) is 8.22. The summed E-state index contributed by atoms with van der Waals surface area (Å²) >= 11 is 5.93. The number of rotatable bonds is 9. The minimum Gasteiger partial charge on any atom is -0.497 e. The molecule has 2 amide bonds. The lowest BCUT2D eigenvalue weighted by atomic mass is 10.0. The number of nitrogens with one attached hydrogen (secondary N) is 2. The first kappa shape index (κ1) is 25.4. The maximum absolute atomic E-state index is 12.6. The Bertz CT molecular complexity index is 1270. The van der Waals surface area contributed by atoms with E-state index in [0.717, 1.165) is 0 Å². The quantitative estimate of drug-likeness (QED) is 0.254. The van der Waals surface area contributed by atoms with E-state index in [-0.39, 0.29) is 28.7 Å². The Morgan fingerprint density at radius 2 is 1.94 bits per heavy atom. The Morgan fingerprint density at radius 1 is 1.17 bits per heavy atom. The fraction of sp³-hybridized carbons (Fsp3) is 0.208. The van der Waals surface area contributed by atoms with Gasteiger partial charge in [-0.2, -0.15) is 5.10 Å². The second-order valence-electron chi connectivity index (χ2n) is 7.78. The molecular weight excluding hydrogens is 476 g/mol. The highest BCUT2D eigenvalue weighted by atomic mass is 35.5. The number of amides is 2. The van der Waals surface area contributed by atoms with Gasteiger partial charge in [-0.15, -0.1) is 0 Å². The van der Waals surface area contributed by atoms with Gasteiger partial charge in [0.15, 0.2) is 0 Å². The van der Waals surface area contributed by atoms with Gasteiger partial charge in [0.1, 0.15) is 23.3 Å². The van der Waals surface area contributed by atoms with E-state index >= 15 is 0 Å². The van der Waals surface area contributed by atoms with E-state index in [2.05, 4.69) is 15.8 Å². The molecule has 0 spiro atoms. The van der Waals surface area contributed by atoms with Crippen molar-refractivity contribution in [2.24, 2.45) is 11.0 Å². The smallest absolute Gasteiger partial charge is 0.284 e. The summed E-state index contributed by atoms with van der Waals surface area (Å²) in [7, 11) is 1.42. The minimum absolute atomic E-state index is 0.175. The average Bonchev–Trinajstić information content (AvgIpc) is 3.30. The topological polar surface area (TPSA) is 136 Å². The maximum atomic E-state index is 12.6. The van der Waals surface area contributed by atoms with Gasteiger partial charge in [0.25, 0.3) is 17.5 Å². The van der Waals surface area contributed by atoms with Crippen molar-refractivity contribution in [1.29, 1.82) is 0 Å². The Balaban J connectivity index is 1.68. The zero-order valence-electron chi connectivity index (χ0n) is 19.2. The number of carbonyl (C=O) groups is 2. The summed E-state index contributed by atoms with van der Waals surface area (Å²) in [6, 6.07) is 13.1. The van der Waals surface area contributed by atoms with Crippen molar-refractivity contribution in [2.45, 2.75) is 19.9 Å². The molecule has 2 aromatic carbocycles. The van der Waals surface area contributed by atoms with Crippen molar-refractivity contribution < 1.29 is 23.7 Å². The molecule has 10 nitrogen and oxygen atoms in total. The fourth-order valence-electron chi connectivity index (χ4n) is 3.18. The Hall–Kier alpha value is -4.18. The third-order valence-electron chi connectivity index (χ3n) is 4.98. The number of hydrogen-bond acceptors (Lipinski definition) is 7. The van der Waals surface area contributed by atoms with Crippen LogP contribution in [-0.4, -0.2) is 36.1 Å². The predicted molar refractivity (Wildman–Crippen MR) is 131 cm³/mol. The van der Waals surface area contributed by atoms with Gasteiger partial charge in [-0.25, -0.2) is 5.43 Å². The summed E-state index contributed by atoms with van der Waals surface area (Å²) in [6.07, 6.45) is 1.26. The molecule has 1 aromatic heterocycles. The molecule has 0 saturated carbocycles. The van der Waals surface area contributed by atoms with Crippen LogP contribution < -0.4 is 15.5 Å². The van der Waals surface area contributed by atoms with Crippen LogP contribution in [0.4, 0.5) is 5.69 Å². The molecule has 35 heavy (non-hydrogen) atoms. The largest absolute Gasteiger partial charge is 0.497 e. The highest BCUT2D eigenvalue weighted by Crippen LogP contribution is 2.33. The van der Waals surface area contributed by atoms with Crippen LogP contribution >= 0.6 is 11.6 Å². The monoisotopic (exact) mass is 498 g/mol. The molecule has 0 fully saturated rings. The molecule has 182 valence electrons. The van der Waals surface area contributed by atoms with Gasteiger partial charge in [-0.05, 0) is 48.4 Å². The summed E-state index contributed by atoms with van der Waals surface area (Å²) in [6.45, 7) is 3.57. The van der Waals surface area contributed by atoms with E-state index < -0.39 is 22.8 Å². The molecule has 1 heterocycles. The number of benzene rings is 2. The molecule has 3 rings (SSSR count). The molecule has 0 saturated heterocycles. The van der Waals surface area contributed by atoms with Crippen LogP contribution in [0.5, 0.6) is 5.75 Å². The van der Waals surface area contributed by atoms with Gasteiger partial charge in [0.2, 0.25) is 0 Å². The number of furan rings is 1. The number of carbonyl (C=O) groups excluding carboxylic acids is 2. The van der Waals surface area contributed by atoms with Gasteiger partial charge in [0.05, 0.1) is 29.9 Å². The molecule has 11 heteroatoms. The van der Waals surface area contributed by atoms with Gasteiger partial charge in [-0.1, -0.05) is 31.5 Å². The van der Waals surface area contributed by atoms with Crippen molar-refractivity contribution in [3.8, 4) is 17.1 Å². The first-order valence-electron chi connectivity index (χ1n) is 10.5. The van der Waals surface area contributed by atoms with Gasteiger partial charge in [0, 0.05) is 10.6 Å². The standard InChI is InChI=1S/C24H23ClN4O6/c1-14(2)22(27-23(30)15-5-4-6-16(25)11-15)24(31)28-26-13-18-8-10-21(35-18)19-9-7-17(34-3)12-20(19)29(32)33/h4-14,22H,1-3H3,(H,27,30)(H,28,31)/b26-13-. The fourth-order valence-corrected chi connectivity index (χ4v) is 3.37. The Kier molecular flexibility index (Phi) is 8.21. The minimum atomic E-state index is -0.854. The summed E-state index contributed by atoms with van der Waals surface area (Å²) < 4.78 is 10.7. The molecule has 3 aromatic rings. The van der Waals surface area contributed by atoms with E-state index in [0.29, 0.717) is 16.3 Å². The molecule has 0 bridgehead atoms. The number of hydrogen-bond donors (Lipinski definition) is 2. The second kappa shape index (κ2) is 11.3. The maximum Gasteiger partial charge on any atom is 0.284 e. The third kappa shape index (κ3) is 6.45. The molecule has 2 N–H and O–H groups in total. The highest BCUT2D eigenvalue weighted by Gasteiger charge is 2.25. The van der Waals surface area contributed by atoms with Gasteiger partial charge < -0.3 is 14.5 Å². The average molecular weight is 499 g/mol. The lowest BCUT2D eigenvalue weighted by molar-refractivity contribution is -0.384. The van der Waals surface area contributed by atoms with E-state index in [1.165, 1.54) is 31.5 Å².